The third kappa shape index (κ3) is 2.70. The largest absolute Gasteiger partial charge is 0.380 e. The zero-order valence-corrected chi connectivity index (χ0v) is 15.3. The highest BCUT2D eigenvalue weighted by atomic mass is 16.5. The predicted octanol–water partition coefficient (Wildman–Crippen LogP) is 1.96. The van der Waals surface area contributed by atoms with Crippen LogP contribution in [0.4, 0.5) is 0 Å². The summed E-state index contributed by atoms with van der Waals surface area (Å²) in [7, 11) is 1.90. The zero-order chi connectivity index (χ0) is 17.8. The van der Waals surface area contributed by atoms with Crippen LogP contribution in [-0.4, -0.2) is 48.0 Å². The molecular formula is C17H23N7O. The van der Waals surface area contributed by atoms with Gasteiger partial charge in [0.1, 0.15) is 11.5 Å². The predicted molar refractivity (Wildman–Crippen MR) is 92.9 cm³/mol. The van der Waals surface area contributed by atoms with Crippen molar-refractivity contribution in [2.75, 3.05) is 13.2 Å². The molecule has 1 aliphatic heterocycles. The fraction of sp³-hybridized carbons (Fsp3) is 0.588. The van der Waals surface area contributed by atoms with Gasteiger partial charge in [-0.05, 0) is 6.07 Å². The van der Waals surface area contributed by atoms with Crippen molar-refractivity contribution in [1.82, 2.24) is 34.7 Å². The van der Waals surface area contributed by atoms with Gasteiger partial charge in [-0.1, -0.05) is 32.9 Å². The van der Waals surface area contributed by atoms with E-state index in [2.05, 4.69) is 43.1 Å². The number of rotatable bonds is 3. The van der Waals surface area contributed by atoms with E-state index in [1.54, 1.807) is 10.9 Å². The van der Waals surface area contributed by atoms with E-state index in [0.29, 0.717) is 5.52 Å². The number of fused-ring (bicyclic) bond motifs is 1. The Balaban J connectivity index is 1.92. The molecule has 0 amide bonds. The summed E-state index contributed by atoms with van der Waals surface area (Å²) < 4.78 is 9.05. The van der Waals surface area contributed by atoms with Crippen LogP contribution < -0.4 is 0 Å². The molecule has 0 aliphatic carbocycles. The molecule has 8 heteroatoms. The molecule has 1 fully saturated rings. The Kier molecular flexibility index (Phi) is 3.44. The Morgan fingerprint density at radius 3 is 2.56 bits per heavy atom. The molecule has 132 valence electrons. The fourth-order valence-corrected chi connectivity index (χ4v) is 2.99. The van der Waals surface area contributed by atoms with E-state index < -0.39 is 0 Å². The monoisotopic (exact) mass is 341 g/mol. The van der Waals surface area contributed by atoms with E-state index in [9.17, 15) is 0 Å². The van der Waals surface area contributed by atoms with Crippen molar-refractivity contribution >= 4 is 11.2 Å². The van der Waals surface area contributed by atoms with E-state index in [1.165, 1.54) is 0 Å². The summed E-state index contributed by atoms with van der Waals surface area (Å²) in [6.07, 6.45) is 1.76. The molecule has 4 rings (SSSR count). The number of nitrogens with zero attached hydrogens (tertiary/aromatic N) is 7. The van der Waals surface area contributed by atoms with Gasteiger partial charge in [-0.15, -0.1) is 5.10 Å². The molecule has 0 aromatic carbocycles. The smallest absolute Gasteiger partial charge is 0.182 e. The standard InChI is InChI=1S/C17H23N7O/c1-16(2,3)15-19-12(11-6-7-18-23(11)5)13-14(20-15)24(22-21-13)8-17(4)9-25-10-17/h6-7H,8-10H2,1-5H3. The van der Waals surface area contributed by atoms with E-state index in [-0.39, 0.29) is 10.8 Å². The Morgan fingerprint density at radius 1 is 1.24 bits per heavy atom. The van der Waals surface area contributed by atoms with Crippen LogP contribution in [0.15, 0.2) is 12.3 Å². The van der Waals surface area contributed by atoms with Gasteiger partial charge in [-0.2, -0.15) is 5.10 Å². The van der Waals surface area contributed by atoms with E-state index in [1.807, 2.05) is 17.8 Å². The highest BCUT2D eigenvalue weighted by molar-refractivity contribution is 5.85. The Hall–Kier alpha value is -2.35. The summed E-state index contributed by atoms with van der Waals surface area (Å²) in [6.45, 7) is 10.7. The summed E-state index contributed by atoms with van der Waals surface area (Å²) in [5, 5.41) is 13.0. The van der Waals surface area contributed by atoms with Crippen LogP contribution in [0.1, 0.15) is 33.5 Å². The van der Waals surface area contributed by atoms with Crippen molar-refractivity contribution in [3.63, 3.8) is 0 Å². The minimum absolute atomic E-state index is 0.0835. The van der Waals surface area contributed by atoms with Crippen LogP contribution in [0, 0.1) is 5.41 Å². The summed E-state index contributed by atoms with van der Waals surface area (Å²) in [5.41, 5.74) is 3.06. The Labute approximate surface area is 146 Å². The normalized spacial score (nSPS) is 17.0. The van der Waals surface area contributed by atoms with E-state index in [4.69, 9.17) is 14.7 Å². The fourth-order valence-electron chi connectivity index (χ4n) is 2.99. The first kappa shape index (κ1) is 16.1. The van der Waals surface area contributed by atoms with Gasteiger partial charge in [0.05, 0.1) is 25.5 Å². The lowest BCUT2D eigenvalue weighted by molar-refractivity contribution is -0.111. The summed E-state index contributed by atoms with van der Waals surface area (Å²) in [6, 6.07) is 1.94. The van der Waals surface area contributed by atoms with Crippen molar-refractivity contribution in [1.29, 1.82) is 0 Å². The summed E-state index contributed by atoms with van der Waals surface area (Å²) in [5.74, 6) is 0.773. The number of ether oxygens (including phenoxy) is 1. The van der Waals surface area contributed by atoms with Gasteiger partial charge >= 0.3 is 0 Å². The van der Waals surface area contributed by atoms with Crippen LogP contribution in [0.3, 0.4) is 0 Å². The van der Waals surface area contributed by atoms with Gasteiger partial charge < -0.3 is 4.74 Å². The van der Waals surface area contributed by atoms with Crippen LogP contribution >= 0.6 is 0 Å². The molecule has 0 bridgehead atoms. The first-order valence-electron chi connectivity index (χ1n) is 8.45. The minimum Gasteiger partial charge on any atom is -0.380 e. The molecule has 1 aliphatic rings. The molecule has 25 heavy (non-hydrogen) atoms. The van der Waals surface area contributed by atoms with E-state index in [0.717, 1.165) is 42.6 Å². The number of aryl methyl sites for hydroxylation is 1. The summed E-state index contributed by atoms with van der Waals surface area (Å²) in [4.78, 5) is 9.61. The van der Waals surface area contributed by atoms with Crippen LogP contribution in [0.25, 0.3) is 22.6 Å². The topological polar surface area (TPSA) is 83.5 Å². The second-order valence-electron chi connectivity index (χ2n) is 8.21. The molecule has 0 N–H and O–H groups in total. The van der Waals surface area contributed by atoms with Gasteiger partial charge in [0.15, 0.2) is 11.2 Å². The molecule has 0 atom stereocenters. The minimum atomic E-state index is -0.180. The molecule has 0 saturated carbocycles. The second kappa shape index (κ2) is 5.32. The molecule has 1 saturated heterocycles. The third-order valence-electron chi connectivity index (χ3n) is 4.53. The highest BCUT2D eigenvalue weighted by Crippen LogP contribution is 2.32. The van der Waals surface area contributed by atoms with Gasteiger partial charge in [0, 0.05) is 24.1 Å². The SMILES string of the molecule is Cn1nccc1-c1nc(C(C)(C)C)nc2c1nnn2CC1(C)COC1. The second-order valence-corrected chi connectivity index (χ2v) is 8.21. The quantitative estimate of drug-likeness (QED) is 0.724. The van der Waals surface area contributed by atoms with Crippen LogP contribution in [-0.2, 0) is 23.7 Å². The molecular weight excluding hydrogens is 318 g/mol. The van der Waals surface area contributed by atoms with Gasteiger partial charge in [-0.3, -0.25) is 4.68 Å². The lowest BCUT2D eigenvalue weighted by Gasteiger charge is -2.37. The molecule has 0 unspecified atom stereocenters. The van der Waals surface area contributed by atoms with Crippen LogP contribution in [0.5, 0.6) is 0 Å². The molecule has 8 nitrogen and oxygen atoms in total. The maximum Gasteiger partial charge on any atom is 0.182 e. The first-order valence-corrected chi connectivity index (χ1v) is 8.45. The van der Waals surface area contributed by atoms with Crippen molar-refractivity contribution in [2.45, 2.75) is 39.7 Å². The maximum absolute atomic E-state index is 5.37. The van der Waals surface area contributed by atoms with Crippen molar-refractivity contribution in [2.24, 2.45) is 12.5 Å². The number of aromatic nitrogens is 7. The van der Waals surface area contributed by atoms with E-state index >= 15 is 0 Å². The van der Waals surface area contributed by atoms with Crippen molar-refractivity contribution < 1.29 is 4.74 Å². The highest BCUT2D eigenvalue weighted by Gasteiger charge is 2.35. The van der Waals surface area contributed by atoms with Gasteiger partial charge in [0.25, 0.3) is 0 Å². The third-order valence-corrected chi connectivity index (χ3v) is 4.53. The van der Waals surface area contributed by atoms with Crippen molar-refractivity contribution in [3.8, 4) is 11.4 Å². The average molecular weight is 341 g/mol. The maximum atomic E-state index is 5.37. The lowest BCUT2D eigenvalue weighted by atomic mass is 9.89. The zero-order valence-electron chi connectivity index (χ0n) is 15.3. The molecule has 4 heterocycles. The first-order chi connectivity index (χ1) is 11.8. The average Bonchev–Trinajstić information content (AvgIpc) is 3.10. The Morgan fingerprint density at radius 2 is 2.00 bits per heavy atom. The Bertz CT molecular complexity index is 930. The molecule has 3 aromatic rings. The van der Waals surface area contributed by atoms with Gasteiger partial charge in [-0.25, -0.2) is 14.6 Å². The molecule has 0 radical (unpaired) electrons. The lowest BCUT2D eigenvalue weighted by Crippen LogP contribution is -2.43. The van der Waals surface area contributed by atoms with Crippen LogP contribution in [0.2, 0.25) is 0 Å². The number of hydrogen-bond acceptors (Lipinski definition) is 6. The summed E-state index contributed by atoms with van der Waals surface area (Å²) >= 11 is 0. The molecule has 0 spiro atoms. The van der Waals surface area contributed by atoms with Crippen molar-refractivity contribution in [3.05, 3.63) is 18.1 Å². The van der Waals surface area contributed by atoms with Gasteiger partial charge in [0.2, 0.25) is 0 Å². The molecule has 3 aromatic heterocycles. The number of hydrogen-bond donors (Lipinski definition) is 0.